The highest BCUT2D eigenvalue weighted by atomic mass is 35.5. The molecule has 0 bridgehead atoms. The largest absolute Gasteiger partial charge is 0.118 e. The van der Waals surface area contributed by atoms with Gasteiger partial charge in [0.1, 0.15) is 4.84 Å². The normalized spacial score (nSPS) is 15.8. The highest BCUT2D eigenvalue weighted by Gasteiger charge is 2.23. The van der Waals surface area contributed by atoms with E-state index in [1.165, 1.54) is 0 Å². The maximum atomic E-state index is 8.08. The van der Waals surface area contributed by atoms with Crippen LogP contribution >= 0.6 is 46.4 Å². The molecule has 0 saturated carbocycles. The fraction of sp³-hybridized carbons (Fsp3) is 0.143. The van der Waals surface area contributed by atoms with E-state index < -0.39 is 10.8 Å². The number of rotatable bonds is 3. The summed E-state index contributed by atoms with van der Waals surface area (Å²) in [5, 5.41) is 0.142. The quantitative estimate of drug-likeness (QED) is 0.614. The molecule has 1 unspecified atom stereocenters. The van der Waals surface area contributed by atoms with Crippen LogP contribution < -0.4 is 0 Å². The minimum atomic E-state index is -1.01. The molecule has 0 aliphatic carbocycles. The minimum absolute atomic E-state index is 0.0718. The van der Waals surface area contributed by atoms with Gasteiger partial charge in [-0.1, -0.05) is 53.5 Å². The van der Waals surface area contributed by atoms with Crippen LogP contribution in [-0.2, 0) is 0 Å². The van der Waals surface area contributed by atoms with Gasteiger partial charge in [0.15, 0.2) is 0 Å². The predicted octanol–water partition coefficient (Wildman–Crippen LogP) is 5.93. The van der Waals surface area contributed by atoms with Crippen LogP contribution in [0.5, 0.6) is 0 Å². The molecule has 0 spiro atoms. The number of hydrogen-bond donors (Lipinski definition) is 0. The summed E-state index contributed by atoms with van der Waals surface area (Å²) in [7, 11) is 0. The van der Waals surface area contributed by atoms with Crippen LogP contribution in [0.25, 0.3) is 0 Å². The molecule has 2 aromatic carbocycles. The molecular weight excluding hydrogens is 310 g/mol. The van der Waals surface area contributed by atoms with Crippen LogP contribution in [0.3, 0.4) is 0 Å². The Morgan fingerprint density at radius 2 is 1.56 bits per heavy atom. The fourth-order valence-electron chi connectivity index (χ4n) is 1.61. The van der Waals surface area contributed by atoms with Crippen LogP contribution in [0.15, 0.2) is 48.4 Å². The van der Waals surface area contributed by atoms with E-state index in [1.54, 1.807) is 24.3 Å². The molecule has 0 aromatic heterocycles. The Labute approximate surface area is 132 Å². The maximum Gasteiger partial charge on any atom is 0.118 e. The van der Waals surface area contributed by atoms with Gasteiger partial charge in [-0.3, -0.25) is 0 Å². The Hall–Kier alpha value is -0.400. The topological polar surface area (TPSA) is 0 Å². The molecule has 4 heteroatoms. The number of benzene rings is 2. The Bertz CT molecular complexity index is 689. The van der Waals surface area contributed by atoms with Crippen molar-refractivity contribution >= 4 is 46.4 Å². The third kappa shape index (κ3) is 3.13. The van der Waals surface area contributed by atoms with E-state index >= 15 is 0 Å². The lowest BCUT2D eigenvalue weighted by Gasteiger charge is -2.20. The summed E-state index contributed by atoms with van der Waals surface area (Å²) >= 11 is 24.1. The first-order valence-corrected chi connectivity index (χ1v) is 6.68. The van der Waals surface area contributed by atoms with E-state index in [-0.39, 0.29) is 34.8 Å². The van der Waals surface area contributed by atoms with Crippen molar-refractivity contribution < 1.29 is 5.48 Å². The van der Waals surface area contributed by atoms with E-state index in [2.05, 4.69) is 0 Å². The second-order valence-electron chi connectivity index (χ2n) is 3.56. The molecule has 94 valence electrons. The highest BCUT2D eigenvalue weighted by Crippen LogP contribution is 2.37. The second kappa shape index (κ2) is 6.16. The third-order valence-corrected chi connectivity index (χ3v) is 3.45. The first-order valence-electron chi connectivity index (χ1n) is 7.05. The zero-order chi connectivity index (χ0) is 16.6. The molecule has 0 radical (unpaired) electrons. The summed E-state index contributed by atoms with van der Waals surface area (Å²) in [6.45, 7) is 0. The van der Waals surface area contributed by atoms with Crippen LogP contribution in [-0.4, -0.2) is 4.84 Å². The van der Waals surface area contributed by atoms with Crippen LogP contribution in [0.4, 0.5) is 0 Å². The molecule has 1 atom stereocenters. The van der Waals surface area contributed by atoms with E-state index in [9.17, 15) is 0 Å². The Balaban J connectivity index is 2.79. The van der Waals surface area contributed by atoms with Gasteiger partial charge >= 0.3 is 0 Å². The van der Waals surface area contributed by atoms with Gasteiger partial charge in [0.25, 0.3) is 0 Å². The van der Waals surface area contributed by atoms with Crippen molar-refractivity contribution in [3.05, 3.63) is 69.6 Å². The smallest absolute Gasteiger partial charge is 0.104 e. The van der Waals surface area contributed by atoms with Gasteiger partial charge in [-0.15, -0.1) is 23.2 Å². The van der Waals surface area contributed by atoms with Crippen molar-refractivity contribution in [2.45, 2.75) is 10.8 Å². The lowest BCUT2D eigenvalue weighted by molar-refractivity contribution is 0.887. The first kappa shape index (κ1) is 9.50. The molecule has 2 rings (SSSR count). The van der Waals surface area contributed by atoms with Crippen molar-refractivity contribution in [3.8, 4) is 0 Å². The summed E-state index contributed by atoms with van der Waals surface area (Å²) < 4.78 is 31.8. The Kier molecular flexibility index (Phi) is 3.25. The summed E-state index contributed by atoms with van der Waals surface area (Å²) in [6, 6.07) is 5.59. The molecule has 18 heavy (non-hydrogen) atoms. The first-order chi connectivity index (χ1) is 10.3. The molecule has 0 amide bonds. The van der Waals surface area contributed by atoms with E-state index in [0.29, 0.717) is 10.6 Å². The predicted molar refractivity (Wildman–Crippen MR) is 80.2 cm³/mol. The van der Waals surface area contributed by atoms with Gasteiger partial charge in [-0.05, 0) is 29.3 Å². The SMILES string of the molecule is [2H]c1c([2H])c(C(c2ccccc2Cl)C(Cl)Cl)c([2H])c([2H])c1Cl. The average Bonchev–Trinajstić information content (AvgIpc) is 2.48. The molecule has 0 heterocycles. The third-order valence-electron chi connectivity index (χ3n) is 2.42. The van der Waals surface area contributed by atoms with E-state index in [0.717, 1.165) is 0 Å². The van der Waals surface area contributed by atoms with Crippen molar-refractivity contribution in [2.75, 3.05) is 0 Å². The van der Waals surface area contributed by atoms with Gasteiger partial charge in [0, 0.05) is 16.0 Å². The summed E-state index contributed by atoms with van der Waals surface area (Å²) in [5.74, 6) is -0.803. The maximum absolute atomic E-state index is 8.08. The molecule has 0 aliphatic heterocycles. The van der Waals surface area contributed by atoms with Crippen molar-refractivity contribution in [3.63, 3.8) is 0 Å². The van der Waals surface area contributed by atoms with Crippen LogP contribution in [0.2, 0.25) is 10.0 Å². The van der Waals surface area contributed by atoms with Crippen LogP contribution in [0, 0.1) is 0 Å². The number of hydrogen-bond acceptors (Lipinski definition) is 0. The fourth-order valence-corrected chi connectivity index (χ4v) is 2.48. The lowest BCUT2D eigenvalue weighted by Crippen LogP contribution is -2.09. The number of halogens is 4. The molecule has 2 aromatic rings. The van der Waals surface area contributed by atoms with Crippen molar-refractivity contribution in [1.29, 1.82) is 0 Å². The van der Waals surface area contributed by atoms with E-state index in [1.807, 2.05) is 0 Å². The van der Waals surface area contributed by atoms with Crippen LogP contribution in [0.1, 0.15) is 22.5 Å². The monoisotopic (exact) mass is 322 g/mol. The Morgan fingerprint density at radius 1 is 0.944 bits per heavy atom. The summed E-state index contributed by atoms with van der Waals surface area (Å²) in [6.07, 6.45) is 0. The molecule has 0 aliphatic rings. The molecule has 0 saturated heterocycles. The average molecular weight is 324 g/mol. The van der Waals surface area contributed by atoms with Gasteiger partial charge in [-0.25, -0.2) is 0 Å². The minimum Gasteiger partial charge on any atom is -0.104 e. The van der Waals surface area contributed by atoms with Gasteiger partial charge in [-0.2, -0.15) is 0 Å². The van der Waals surface area contributed by atoms with Crippen molar-refractivity contribution in [2.24, 2.45) is 0 Å². The van der Waals surface area contributed by atoms with Crippen molar-refractivity contribution in [1.82, 2.24) is 0 Å². The summed E-state index contributed by atoms with van der Waals surface area (Å²) in [4.78, 5) is -1.01. The molecule has 0 N–H and O–H groups in total. The summed E-state index contributed by atoms with van der Waals surface area (Å²) in [5.41, 5.74) is 0.602. The molecule has 0 nitrogen and oxygen atoms in total. The highest BCUT2D eigenvalue weighted by molar-refractivity contribution is 6.45. The van der Waals surface area contributed by atoms with Gasteiger partial charge in [0.2, 0.25) is 0 Å². The van der Waals surface area contributed by atoms with Gasteiger partial charge in [0.05, 0.1) is 5.48 Å². The number of alkyl halides is 2. The second-order valence-corrected chi connectivity index (χ2v) is 5.51. The molecular formula is C14H10Cl4. The Morgan fingerprint density at radius 3 is 2.11 bits per heavy atom. The zero-order valence-corrected chi connectivity index (χ0v) is 12.0. The molecule has 0 fully saturated rings. The zero-order valence-electron chi connectivity index (χ0n) is 13.0. The van der Waals surface area contributed by atoms with E-state index in [4.69, 9.17) is 51.9 Å². The standard InChI is InChI=1S/C14H10Cl4/c15-10-7-5-9(6-8-10)13(14(17)18)11-3-1-2-4-12(11)16/h1-8,13-14H/i5D,6D,7D,8D. The lowest BCUT2D eigenvalue weighted by atomic mass is 9.93. The van der Waals surface area contributed by atoms with Gasteiger partial charge < -0.3 is 0 Å².